The van der Waals surface area contributed by atoms with Crippen LogP contribution in [0.4, 0.5) is 5.69 Å². The summed E-state index contributed by atoms with van der Waals surface area (Å²) >= 11 is 0. The highest BCUT2D eigenvalue weighted by atomic mass is 16.2. The van der Waals surface area contributed by atoms with Crippen LogP contribution in [0, 0.1) is 5.92 Å². The van der Waals surface area contributed by atoms with Crippen molar-refractivity contribution in [1.82, 2.24) is 9.80 Å². The third kappa shape index (κ3) is 3.91. The second-order valence-corrected chi connectivity index (χ2v) is 6.33. The predicted molar refractivity (Wildman–Crippen MR) is 89.3 cm³/mol. The Hall–Kier alpha value is -2.41. The van der Waals surface area contributed by atoms with Crippen LogP contribution in [0.5, 0.6) is 0 Å². The van der Waals surface area contributed by atoms with E-state index in [-0.39, 0.29) is 24.3 Å². The van der Waals surface area contributed by atoms with Crippen LogP contribution in [0.2, 0.25) is 0 Å². The van der Waals surface area contributed by atoms with Crippen LogP contribution in [0.25, 0.3) is 0 Å². The summed E-state index contributed by atoms with van der Waals surface area (Å²) in [5, 5.41) is 2.74. The van der Waals surface area contributed by atoms with E-state index in [0.717, 1.165) is 12.8 Å². The molecule has 0 radical (unpaired) electrons. The molecule has 1 aromatic carbocycles. The second kappa shape index (κ2) is 7.00. The van der Waals surface area contributed by atoms with Crippen LogP contribution < -0.4 is 11.1 Å². The summed E-state index contributed by atoms with van der Waals surface area (Å²) in [6.45, 7) is 2.94. The summed E-state index contributed by atoms with van der Waals surface area (Å²) < 4.78 is 0. The van der Waals surface area contributed by atoms with E-state index in [1.807, 2.05) is 9.80 Å². The number of nitrogens with zero attached hydrogens (tertiary/aromatic N) is 2. The number of carbonyl (C=O) groups is 3. The number of para-hydroxylation sites is 1. The first-order valence-electron chi connectivity index (χ1n) is 8.24. The molecule has 0 spiro atoms. The molecule has 2 aliphatic rings. The lowest BCUT2D eigenvalue weighted by molar-refractivity contribution is -0.134. The Kier molecular flexibility index (Phi) is 4.80. The van der Waals surface area contributed by atoms with Gasteiger partial charge >= 0.3 is 0 Å². The summed E-state index contributed by atoms with van der Waals surface area (Å²) in [4.78, 5) is 39.5. The molecule has 1 aliphatic heterocycles. The van der Waals surface area contributed by atoms with E-state index in [9.17, 15) is 14.4 Å². The third-order valence-electron chi connectivity index (χ3n) is 4.44. The van der Waals surface area contributed by atoms with Crippen molar-refractivity contribution in [3.05, 3.63) is 29.8 Å². The molecule has 1 saturated carbocycles. The SMILES string of the molecule is NC(=O)c1ccccc1NC(=O)CN1CCN(C(=O)C2CC2)CC1. The number of nitrogens with two attached hydrogens (primary N) is 1. The number of nitrogens with one attached hydrogen (secondary N) is 1. The number of benzene rings is 1. The van der Waals surface area contributed by atoms with Gasteiger partial charge in [0.15, 0.2) is 0 Å². The minimum absolute atomic E-state index is 0.189. The van der Waals surface area contributed by atoms with Gasteiger partial charge in [-0.2, -0.15) is 0 Å². The molecule has 128 valence electrons. The van der Waals surface area contributed by atoms with Gasteiger partial charge in [-0.1, -0.05) is 12.1 Å². The van der Waals surface area contributed by atoms with E-state index in [1.54, 1.807) is 24.3 Å². The Bertz CT molecular complexity index is 649. The number of hydrogen-bond donors (Lipinski definition) is 2. The fourth-order valence-corrected chi connectivity index (χ4v) is 2.91. The van der Waals surface area contributed by atoms with Crippen LogP contribution in [0.15, 0.2) is 24.3 Å². The molecule has 3 N–H and O–H groups in total. The zero-order valence-electron chi connectivity index (χ0n) is 13.5. The van der Waals surface area contributed by atoms with Gasteiger partial charge in [0.1, 0.15) is 0 Å². The maximum atomic E-state index is 12.2. The Morgan fingerprint density at radius 3 is 2.38 bits per heavy atom. The van der Waals surface area contributed by atoms with Gasteiger partial charge in [0, 0.05) is 32.1 Å². The Labute approximate surface area is 140 Å². The third-order valence-corrected chi connectivity index (χ3v) is 4.44. The van der Waals surface area contributed by atoms with Crippen molar-refractivity contribution in [3.63, 3.8) is 0 Å². The molecule has 1 aromatic rings. The Morgan fingerprint density at radius 2 is 1.75 bits per heavy atom. The average Bonchev–Trinajstić information content (AvgIpc) is 3.40. The quantitative estimate of drug-likeness (QED) is 0.810. The number of carbonyl (C=O) groups excluding carboxylic acids is 3. The molecular weight excluding hydrogens is 308 g/mol. The molecule has 3 rings (SSSR count). The number of rotatable bonds is 5. The lowest BCUT2D eigenvalue weighted by atomic mass is 10.1. The van der Waals surface area contributed by atoms with Crippen LogP contribution in [0.3, 0.4) is 0 Å². The van der Waals surface area contributed by atoms with Crippen molar-refractivity contribution in [2.75, 3.05) is 38.0 Å². The van der Waals surface area contributed by atoms with Crippen molar-refractivity contribution in [2.24, 2.45) is 11.7 Å². The largest absolute Gasteiger partial charge is 0.366 e. The zero-order chi connectivity index (χ0) is 17.1. The molecule has 1 saturated heterocycles. The fraction of sp³-hybridized carbons (Fsp3) is 0.471. The monoisotopic (exact) mass is 330 g/mol. The molecule has 7 nitrogen and oxygen atoms in total. The first kappa shape index (κ1) is 16.4. The number of anilines is 1. The molecule has 3 amide bonds. The molecule has 0 unspecified atom stereocenters. The van der Waals surface area contributed by atoms with Crippen molar-refractivity contribution in [1.29, 1.82) is 0 Å². The number of primary amides is 1. The van der Waals surface area contributed by atoms with Gasteiger partial charge in [-0.05, 0) is 25.0 Å². The van der Waals surface area contributed by atoms with Gasteiger partial charge in [-0.3, -0.25) is 19.3 Å². The highest BCUT2D eigenvalue weighted by Gasteiger charge is 2.34. The zero-order valence-corrected chi connectivity index (χ0v) is 13.5. The highest BCUT2D eigenvalue weighted by Crippen LogP contribution is 2.31. The van der Waals surface area contributed by atoms with E-state index in [4.69, 9.17) is 5.73 Å². The van der Waals surface area contributed by atoms with Crippen LogP contribution in [0.1, 0.15) is 23.2 Å². The molecule has 2 fully saturated rings. The second-order valence-electron chi connectivity index (χ2n) is 6.33. The summed E-state index contributed by atoms with van der Waals surface area (Å²) in [6.07, 6.45) is 2.03. The van der Waals surface area contributed by atoms with Gasteiger partial charge in [0.05, 0.1) is 17.8 Å². The smallest absolute Gasteiger partial charge is 0.250 e. The van der Waals surface area contributed by atoms with E-state index in [2.05, 4.69) is 5.32 Å². The highest BCUT2D eigenvalue weighted by molar-refractivity contribution is 6.03. The molecular formula is C17H22N4O3. The normalized spacial score (nSPS) is 18.2. The van der Waals surface area contributed by atoms with E-state index in [0.29, 0.717) is 37.4 Å². The Morgan fingerprint density at radius 1 is 1.08 bits per heavy atom. The summed E-state index contributed by atoms with van der Waals surface area (Å²) in [5.74, 6) is -0.261. The van der Waals surface area contributed by atoms with Crippen LogP contribution in [-0.2, 0) is 9.59 Å². The summed E-state index contributed by atoms with van der Waals surface area (Å²) in [5.41, 5.74) is 6.03. The van der Waals surface area contributed by atoms with E-state index < -0.39 is 5.91 Å². The van der Waals surface area contributed by atoms with Gasteiger partial charge in [-0.15, -0.1) is 0 Å². The maximum absolute atomic E-state index is 12.2. The molecule has 0 atom stereocenters. The van der Waals surface area contributed by atoms with Crippen LogP contribution >= 0.6 is 0 Å². The predicted octanol–water partition coefficient (Wildman–Crippen LogP) is 0.278. The van der Waals surface area contributed by atoms with Crippen molar-refractivity contribution in [2.45, 2.75) is 12.8 Å². The molecule has 1 heterocycles. The summed E-state index contributed by atoms with van der Waals surface area (Å²) in [7, 11) is 0. The molecule has 24 heavy (non-hydrogen) atoms. The van der Waals surface area contributed by atoms with Crippen molar-refractivity contribution < 1.29 is 14.4 Å². The first-order chi connectivity index (χ1) is 11.5. The lowest BCUT2D eigenvalue weighted by Gasteiger charge is -2.34. The number of amides is 3. The number of hydrogen-bond acceptors (Lipinski definition) is 4. The standard InChI is InChI=1S/C17H22N4O3/c18-16(23)13-3-1-2-4-14(13)19-15(22)11-20-7-9-21(10-8-20)17(24)12-5-6-12/h1-4,12H,5-11H2,(H2,18,23)(H,19,22). The molecule has 0 aromatic heterocycles. The first-order valence-corrected chi connectivity index (χ1v) is 8.24. The fourth-order valence-electron chi connectivity index (χ4n) is 2.91. The average molecular weight is 330 g/mol. The van der Waals surface area contributed by atoms with Gasteiger partial charge in [-0.25, -0.2) is 0 Å². The minimum atomic E-state index is -0.571. The minimum Gasteiger partial charge on any atom is -0.366 e. The van der Waals surface area contributed by atoms with E-state index >= 15 is 0 Å². The van der Waals surface area contributed by atoms with Gasteiger partial charge in [0.25, 0.3) is 5.91 Å². The molecule has 1 aliphatic carbocycles. The van der Waals surface area contributed by atoms with E-state index in [1.165, 1.54) is 0 Å². The lowest BCUT2D eigenvalue weighted by Crippen LogP contribution is -2.50. The Balaban J connectivity index is 1.49. The van der Waals surface area contributed by atoms with Crippen LogP contribution in [-0.4, -0.2) is 60.2 Å². The summed E-state index contributed by atoms with van der Waals surface area (Å²) in [6, 6.07) is 6.68. The van der Waals surface area contributed by atoms with Gasteiger partial charge in [0.2, 0.25) is 11.8 Å². The van der Waals surface area contributed by atoms with Crippen molar-refractivity contribution in [3.8, 4) is 0 Å². The molecule has 7 heteroatoms. The van der Waals surface area contributed by atoms with Crippen molar-refractivity contribution >= 4 is 23.4 Å². The maximum Gasteiger partial charge on any atom is 0.250 e. The molecule has 0 bridgehead atoms. The van der Waals surface area contributed by atoms with Gasteiger partial charge < -0.3 is 16.0 Å². The number of piperazine rings is 1. The topological polar surface area (TPSA) is 95.7 Å².